The third-order valence-corrected chi connectivity index (χ3v) is 4.19. The maximum absolute atomic E-state index is 11.2. The number of sulfone groups is 1. The van der Waals surface area contributed by atoms with E-state index in [4.69, 9.17) is 0 Å². The van der Waals surface area contributed by atoms with Gasteiger partial charge in [0.25, 0.3) is 0 Å². The highest BCUT2D eigenvalue weighted by Crippen LogP contribution is 2.15. The fraction of sp³-hybridized carbons (Fsp3) is 0.556. The Balaban J connectivity index is 1.93. The number of aromatic nitrogens is 2. The number of rotatable bonds is 2. The molecule has 0 spiro atoms. The van der Waals surface area contributed by atoms with Crippen LogP contribution in [0, 0.1) is 0 Å². The molecule has 0 aliphatic carbocycles. The Morgan fingerprint density at radius 1 is 1.33 bits per heavy atom. The first kappa shape index (κ1) is 10.4. The number of hydrogen-bond acceptors (Lipinski definition) is 5. The lowest BCUT2D eigenvalue weighted by Crippen LogP contribution is -2.32. The molecule has 2 heterocycles. The predicted molar refractivity (Wildman–Crippen MR) is 57.3 cm³/mol. The lowest BCUT2D eigenvalue weighted by molar-refractivity contribution is 0.558. The summed E-state index contributed by atoms with van der Waals surface area (Å²) in [6.45, 7) is 0. The summed E-state index contributed by atoms with van der Waals surface area (Å²) >= 11 is 0. The first-order valence-corrected chi connectivity index (χ1v) is 6.72. The standard InChI is InChI=1S/C9H13N3O2S/c13-15(14)6-3-8(4-7-15)11-9-2-1-5-10-12-9/h1-2,5,8H,3-4,6-7H2,(H,11,12). The number of anilines is 1. The van der Waals surface area contributed by atoms with Gasteiger partial charge in [-0.3, -0.25) is 0 Å². The van der Waals surface area contributed by atoms with Gasteiger partial charge in [0.15, 0.2) is 0 Å². The average Bonchev–Trinajstić information content (AvgIpc) is 2.23. The molecule has 0 unspecified atom stereocenters. The van der Waals surface area contributed by atoms with Gasteiger partial charge >= 0.3 is 0 Å². The lowest BCUT2D eigenvalue weighted by atomic mass is 10.1. The molecule has 1 saturated heterocycles. The second-order valence-electron chi connectivity index (χ2n) is 3.68. The number of nitrogens with zero attached hydrogens (tertiary/aromatic N) is 2. The van der Waals surface area contributed by atoms with Crippen molar-refractivity contribution in [2.45, 2.75) is 18.9 Å². The van der Waals surface area contributed by atoms with Crippen LogP contribution in [0.25, 0.3) is 0 Å². The Labute approximate surface area is 88.8 Å². The molecule has 1 N–H and O–H groups in total. The monoisotopic (exact) mass is 227 g/mol. The zero-order chi connectivity index (χ0) is 10.7. The van der Waals surface area contributed by atoms with Gasteiger partial charge in [-0.2, -0.15) is 5.10 Å². The smallest absolute Gasteiger partial charge is 0.150 e. The van der Waals surface area contributed by atoms with Crippen LogP contribution in [0.4, 0.5) is 5.82 Å². The van der Waals surface area contributed by atoms with E-state index in [-0.39, 0.29) is 17.5 Å². The van der Waals surface area contributed by atoms with Crippen LogP contribution in [-0.4, -0.2) is 36.2 Å². The van der Waals surface area contributed by atoms with Crippen LogP contribution in [-0.2, 0) is 9.84 Å². The quantitative estimate of drug-likeness (QED) is 0.795. The zero-order valence-electron chi connectivity index (χ0n) is 8.26. The summed E-state index contributed by atoms with van der Waals surface area (Å²) in [5.41, 5.74) is 0. The molecule has 0 amide bonds. The molecular formula is C9H13N3O2S. The first-order chi connectivity index (χ1) is 7.16. The molecule has 0 saturated carbocycles. The van der Waals surface area contributed by atoms with Gasteiger partial charge in [0.05, 0.1) is 11.5 Å². The van der Waals surface area contributed by atoms with E-state index in [2.05, 4.69) is 15.5 Å². The number of nitrogens with one attached hydrogen (secondary N) is 1. The Hall–Kier alpha value is -1.17. The highest BCUT2D eigenvalue weighted by atomic mass is 32.2. The summed E-state index contributed by atoms with van der Waals surface area (Å²) in [4.78, 5) is 0. The van der Waals surface area contributed by atoms with Gasteiger partial charge in [-0.15, -0.1) is 5.10 Å². The minimum Gasteiger partial charge on any atom is -0.366 e. The van der Waals surface area contributed by atoms with Gasteiger partial charge in [0, 0.05) is 12.2 Å². The number of hydrogen-bond donors (Lipinski definition) is 1. The summed E-state index contributed by atoms with van der Waals surface area (Å²) in [7, 11) is -2.78. The summed E-state index contributed by atoms with van der Waals surface area (Å²) in [6, 6.07) is 3.83. The molecule has 1 fully saturated rings. The van der Waals surface area contributed by atoms with Crippen LogP contribution in [0.5, 0.6) is 0 Å². The Bertz CT molecular complexity index is 404. The second-order valence-corrected chi connectivity index (χ2v) is 5.98. The van der Waals surface area contributed by atoms with Crippen molar-refractivity contribution in [3.05, 3.63) is 18.3 Å². The Kier molecular flexibility index (Phi) is 2.86. The van der Waals surface area contributed by atoms with Crippen molar-refractivity contribution in [3.63, 3.8) is 0 Å². The minimum atomic E-state index is -2.78. The maximum atomic E-state index is 11.2. The fourth-order valence-corrected chi connectivity index (χ4v) is 3.11. The van der Waals surface area contributed by atoms with Gasteiger partial charge < -0.3 is 5.32 Å². The van der Waals surface area contributed by atoms with Crippen LogP contribution in [0.2, 0.25) is 0 Å². The highest BCUT2D eigenvalue weighted by Gasteiger charge is 2.23. The predicted octanol–water partition coefficient (Wildman–Crippen LogP) is 0.466. The summed E-state index contributed by atoms with van der Waals surface area (Å²) < 4.78 is 22.4. The minimum absolute atomic E-state index is 0.199. The third-order valence-electron chi connectivity index (χ3n) is 2.48. The molecule has 2 rings (SSSR count). The zero-order valence-corrected chi connectivity index (χ0v) is 9.07. The van der Waals surface area contributed by atoms with Crippen molar-refractivity contribution in [3.8, 4) is 0 Å². The van der Waals surface area contributed by atoms with Crippen molar-refractivity contribution in [1.82, 2.24) is 10.2 Å². The van der Waals surface area contributed by atoms with Crippen LogP contribution >= 0.6 is 0 Å². The Morgan fingerprint density at radius 3 is 2.67 bits per heavy atom. The third kappa shape index (κ3) is 2.89. The van der Waals surface area contributed by atoms with Crippen molar-refractivity contribution in [1.29, 1.82) is 0 Å². The van der Waals surface area contributed by atoms with E-state index in [0.29, 0.717) is 18.7 Å². The van der Waals surface area contributed by atoms with Crippen LogP contribution in [0.15, 0.2) is 18.3 Å². The molecule has 0 atom stereocenters. The van der Waals surface area contributed by atoms with Gasteiger partial charge in [-0.1, -0.05) is 0 Å². The van der Waals surface area contributed by atoms with Gasteiger partial charge in [0.2, 0.25) is 0 Å². The highest BCUT2D eigenvalue weighted by molar-refractivity contribution is 7.91. The van der Waals surface area contributed by atoms with E-state index < -0.39 is 9.84 Å². The molecule has 1 aliphatic rings. The first-order valence-electron chi connectivity index (χ1n) is 4.90. The molecule has 0 radical (unpaired) electrons. The molecule has 82 valence electrons. The molecule has 6 heteroatoms. The van der Waals surface area contributed by atoms with Gasteiger partial charge in [0.1, 0.15) is 15.7 Å². The summed E-state index contributed by atoms with van der Waals surface area (Å²) in [6.07, 6.45) is 2.91. The second kappa shape index (κ2) is 4.14. The van der Waals surface area contributed by atoms with E-state index in [1.165, 1.54) is 0 Å². The van der Waals surface area contributed by atoms with E-state index in [1.807, 2.05) is 6.07 Å². The fourth-order valence-electron chi connectivity index (χ4n) is 1.62. The van der Waals surface area contributed by atoms with Crippen LogP contribution in [0.1, 0.15) is 12.8 Å². The molecular weight excluding hydrogens is 214 g/mol. The Morgan fingerprint density at radius 2 is 2.07 bits per heavy atom. The van der Waals surface area contributed by atoms with Crippen molar-refractivity contribution in [2.24, 2.45) is 0 Å². The van der Waals surface area contributed by atoms with Crippen LogP contribution < -0.4 is 5.32 Å². The topological polar surface area (TPSA) is 72.0 Å². The van der Waals surface area contributed by atoms with E-state index >= 15 is 0 Å². The normalized spacial score (nSPS) is 21.1. The molecule has 0 bridgehead atoms. The summed E-state index contributed by atoms with van der Waals surface area (Å²) in [5.74, 6) is 1.25. The molecule has 15 heavy (non-hydrogen) atoms. The van der Waals surface area contributed by atoms with Crippen molar-refractivity contribution >= 4 is 15.7 Å². The van der Waals surface area contributed by atoms with Crippen LogP contribution in [0.3, 0.4) is 0 Å². The lowest BCUT2D eigenvalue weighted by Gasteiger charge is -2.23. The van der Waals surface area contributed by atoms with Crippen molar-refractivity contribution in [2.75, 3.05) is 16.8 Å². The SMILES string of the molecule is O=S1(=O)CCC(Nc2cccnn2)CC1. The molecule has 5 nitrogen and oxygen atoms in total. The molecule has 0 aromatic carbocycles. The van der Waals surface area contributed by atoms with Crippen molar-refractivity contribution < 1.29 is 8.42 Å². The van der Waals surface area contributed by atoms with Gasteiger partial charge in [-0.25, -0.2) is 8.42 Å². The maximum Gasteiger partial charge on any atom is 0.150 e. The molecule has 1 aromatic rings. The largest absolute Gasteiger partial charge is 0.366 e. The molecule has 1 aliphatic heterocycles. The average molecular weight is 227 g/mol. The van der Waals surface area contributed by atoms with E-state index in [1.54, 1.807) is 12.3 Å². The van der Waals surface area contributed by atoms with Gasteiger partial charge in [-0.05, 0) is 25.0 Å². The van der Waals surface area contributed by atoms with E-state index in [0.717, 1.165) is 0 Å². The van der Waals surface area contributed by atoms with E-state index in [9.17, 15) is 8.42 Å². The summed E-state index contributed by atoms with van der Waals surface area (Å²) in [5, 5.41) is 10.8. The molecule has 1 aromatic heterocycles.